The normalized spacial score (nSPS) is 11.0. The van der Waals surface area contributed by atoms with Crippen LogP contribution in [0.15, 0.2) is 30.3 Å². The van der Waals surface area contributed by atoms with Crippen LogP contribution in [0.2, 0.25) is 5.02 Å². The van der Waals surface area contributed by atoms with Gasteiger partial charge in [0.25, 0.3) is 5.91 Å². The average Bonchev–Trinajstić information content (AvgIpc) is 2.97. The lowest BCUT2D eigenvalue weighted by Crippen LogP contribution is -2.28. The van der Waals surface area contributed by atoms with E-state index in [0.29, 0.717) is 20.5 Å². The number of hydrogen-bond donors (Lipinski definition) is 2. The van der Waals surface area contributed by atoms with Gasteiger partial charge in [0.05, 0.1) is 5.00 Å². The lowest BCUT2D eigenvalue weighted by atomic mass is 9.96. The lowest BCUT2D eigenvalue weighted by Gasteiger charge is -2.16. The molecule has 2 aromatic rings. The van der Waals surface area contributed by atoms with E-state index in [1.807, 2.05) is 6.07 Å². The third kappa shape index (κ3) is 6.35. The first-order valence-electron chi connectivity index (χ1n) is 8.66. The maximum absolute atomic E-state index is 12.3. The second kappa shape index (κ2) is 9.21. The highest BCUT2D eigenvalue weighted by atomic mass is 35.5. The smallest absolute Gasteiger partial charge is 0.349 e. The first-order chi connectivity index (χ1) is 13.1. The first-order valence-corrected chi connectivity index (χ1v) is 9.86. The van der Waals surface area contributed by atoms with E-state index >= 15 is 0 Å². The van der Waals surface area contributed by atoms with E-state index in [-0.39, 0.29) is 19.1 Å². The summed E-state index contributed by atoms with van der Waals surface area (Å²) in [6.45, 7) is 7.07. The number of benzene rings is 1. The predicted molar refractivity (Wildman–Crippen MR) is 111 cm³/mol. The van der Waals surface area contributed by atoms with Crippen molar-refractivity contribution in [1.29, 1.82) is 0 Å². The highest BCUT2D eigenvalue weighted by Crippen LogP contribution is 2.29. The standard InChI is InChI=1S/C20H23ClN2O4S/c1-12-8-16(23-19(26)20(2,3)4)28-17(12)18(25)27-11-15(24)22-10-13-6-5-7-14(21)9-13/h5-9H,10-11H2,1-4H3,(H,22,24)(H,23,26). The molecule has 0 bridgehead atoms. The zero-order chi connectivity index (χ0) is 20.9. The van der Waals surface area contributed by atoms with Gasteiger partial charge in [0.1, 0.15) is 4.88 Å². The molecule has 0 unspecified atom stereocenters. The highest BCUT2D eigenvalue weighted by molar-refractivity contribution is 7.18. The minimum atomic E-state index is -0.600. The summed E-state index contributed by atoms with van der Waals surface area (Å²) in [4.78, 5) is 36.6. The molecule has 150 valence electrons. The van der Waals surface area contributed by atoms with Crippen molar-refractivity contribution in [3.05, 3.63) is 51.4 Å². The number of esters is 1. The molecular weight excluding hydrogens is 400 g/mol. The fraction of sp³-hybridized carbons (Fsp3) is 0.350. The van der Waals surface area contributed by atoms with Crippen molar-refractivity contribution in [1.82, 2.24) is 5.32 Å². The molecule has 2 rings (SSSR count). The maximum Gasteiger partial charge on any atom is 0.349 e. The number of aryl methyl sites for hydroxylation is 1. The molecule has 0 aliphatic heterocycles. The molecule has 0 atom stereocenters. The van der Waals surface area contributed by atoms with Gasteiger partial charge in [-0.3, -0.25) is 9.59 Å². The molecule has 1 aromatic carbocycles. The Bertz CT molecular complexity index is 887. The van der Waals surface area contributed by atoms with Crippen LogP contribution in [0.4, 0.5) is 5.00 Å². The molecule has 6 nitrogen and oxygen atoms in total. The molecule has 2 amide bonds. The van der Waals surface area contributed by atoms with Gasteiger partial charge in [-0.15, -0.1) is 11.3 Å². The van der Waals surface area contributed by atoms with Gasteiger partial charge in [0, 0.05) is 17.0 Å². The number of nitrogens with one attached hydrogen (secondary N) is 2. The fourth-order valence-electron chi connectivity index (χ4n) is 2.14. The van der Waals surface area contributed by atoms with E-state index in [1.54, 1.807) is 52.0 Å². The van der Waals surface area contributed by atoms with Crippen LogP contribution < -0.4 is 10.6 Å². The molecule has 0 spiro atoms. The number of halogens is 1. The molecule has 0 saturated carbocycles. The van der Waals surface area contributed by atoms with Crippen molar-refractivity contribution < 1.29 is 19.1 Å². The van der Waals surface area contributed by atoms with Gasteiger partial charge >= 0.3 is 5.97 Å². The Morgan fingerprint density at radius 2 is 1.89 bits per heavy atom. The van der Waals surface area contributed by atoms with E-state index in [4.69, 9.17) is 16.3 Å². The van der Waals surface area contributed by atoms with Gasteiger partial charge in [-0.05, 0) is 36.2 Å². The van der Waals surface area contributed by atoms with Gasteiger partial charge in [0.2, 0.25) is 5.91 Å². The molecule has 0 aliphatic carbocycles. The summed E-state index contributed by atoms with van der Waals surface area (Å²) in [5.41, 5.74) is 0.985. The van der Waals surface area contributed by atoms with Crippen molar-refractivity contribution in [2.45, 2.75) is 34.2 Å². The van der Waals surface area contributed by atoms with Crippen LogP contribution in [0.1, 0.15) is 41.6 Å². The Morgan fingerprint density at radius 1 is 1.18 bits per heavy atom. The van der Waals surface area contributed by atoms with E-state index < -0.39 is 17.3 Å². The van der Waals surface area contributed by atoms with Crippen LogP contribution in [0, 0.1) is 12.3 Å². The van der Waals surface area contributed by atoms with Gasteiger partial charge < -0.3 is 15.4 Å². The van der Waals surface area contributed by atoms with Gasteiger partial charge in [-0.25, -0.2) is 4.79 Å². The number of amides is 2. The monoisotopic (exact) mass is 422 g/mol. The van der Waals surface area contributed by atoms with Crippen molar-refractivity contribution >= 4 is 45.7 Å². The quantitative estimate of drug-likeness (QED) is 0.684. The number of rotatable bonds is 6. The van der Waals surface area contributed by atoms with Crippen LogP contribution in [0.5, 0.6) is 0 Å². The molecule has 0 radical (unpaired) electrons. The van der Waals surface area contributed by atoms with E-state index in [2.05, 4.69) is 10.6 Å². The molecule has 1 heterocycles. The first kappa shape index (κ1) is 21.9. The van der Waals surface area contributed by atoms with Crippen molar-refractivity contribution in [3.8, 4) is 0 Å². The summed E-state index contributed by atoms with van der Waals surface area (Å²) >= 11 is 7.02. The maximum atomic E-state index is 12.3. The average molecular weight is 423 g/mol. The highest BCUT2D eigenvalue weighted by Gasteiger charge is 2.23. The molecule has 8 heteroatoms. The molecule has 0 aliphatic rings. The summed E-state index contributed by atoms with van der Waals surface area (Å²) in [6, 6.07) is 8.83. The summed E-state index contributed by atoms with van der Waals surface area (Å²) in [5, 5.41) is 6.60. The minimum Gasteiger partial charge on any atom is -0.451 e. The number of carbonyl (C=O) groups excluding carboxylic acids is 3. The van der Waals surface area contributed by atoms with E-state index in [0.717, 1.165) is 16.9 Å². The van der Waals surface area contributed by atoms with Crippen molar-refractivity contribution in [2.75, 3.05) is 11.9 Å². The topological polar surface area (TPSA) is 84.5 Å². The van der Waals surface area contributed by atoms with Crippen LogP contribution in [0.3, 0.4) is 0 Å². The van der Waals surface area contributed by atoms with Crippen molar-refractivity contribution in [3.63, 3.8) is 0 Å². The second-order valence-corrected chi connectivity index (χ2v) is 8.80. The molecule has 1 aromatic heterocycles. The summed E-state index contributed by atoms with van der Waals surface area (Å²) in [5.74, 6) is -1.16. The molecule has 2 N–H and O–H groups in total. The third-order valence-corrected chi connectivity index (χ3v) is 5.10. The van der Waals surface area contributed by atoms with E-state index in [1.165, 1.54) is 0 Å². The molecule has 0 fully saturated rings. The Kier molecular flexibility index (Phi) is 7.21. The Balaban J connectivity index is 1.87. The molecule has 0 saturated heterocycles. The van der Waals surface area contributed by atoms with Crippen molar-refractivity contribution in [2.24, 2.45) is 5.41 Å². The lowest BCUT2D eigenvalue weighted by molar-refractivity contribution is -0.124. The number of hydrogen-bond acceptors (Lipinski definition) is 5. The Hall–Kier alpha value is -2.38. The Labute approximate surface area is 173 Å². The number of ether oxygens (including phenoxy) is 1. The summed E-state index contributed by atoms with van der Waals surface area (Å²) in [6.07, 6.45) is 0. The predicted octanol–water partition coefficient (Wildman–Crippen LogP) is 4.17. The summed E-state index contributed by atoms with van der Waals surface area (Å²) < 4.78 is 5.09. The molecule has 28 heavy (non-hydrogen) atoms. The van der Waals surface area contributed by atoms with Crippen LogP contribution in [-0.4, -0.2) is 24.4 Å². The van der Waals surface area contributed by atoms with Crippen LogP contribution >= 0.6 is 22.9 Å². The van der Waals surface area contributed by atoms with Gasteiger partial charge in [-0.2, -0.15) is 0 Å². The number of carbonyl (C=O) groups is 3. The largest absolute Gasteiger partial charge is 0.451 e. The zero-order valence-electron chi connectivity index (χ0n) is 16.2. The molecular formula is C20H23ClN2O4S. The fourth-order valence-corrected chi connectivity index (χ4v) is 3.32. The summed E-state index contributed by atoms with van der Waals surface area (Å²) in [7, 11) is 0. The Morgan fingerprint density at radius 3 is 2.54 bits per heavy atom. The second-order valence-electron chi connectivity index (χ2n) is 7.31. The SMILES string of the molecule is Cc1cc(NC(=O)C(C)(C)C)sc1C(=O)OCC(=O)NCc1cccc(Cl)c1. The number of thiophene rings is 1. The van der Waals surface area contributed by atoms with Gasteiger partial charge in [0.15, 0.2) is 6.61 Å². The van der Waals surface area contributed by atoms with Gasteiger partial charge in [-0.1, -0.05) is 44.5 Å². The number of anilines is 1. The van der Waals surface area contributed by atoms with E-state index in [9.17, 15) is 14.4 Å². The zero-order valence-corrected chi connectivity index (χ0v) is 17.8. The van der Waals surface area contributed by atoms with Crippen LogP contribution in [-0.2, 0) is 20.9 Å². The van der Waals surface area contributed by atoms with Crippen LogP contribution in [0.25, 0.3) is 0 Å². The minimum absolute atomic E-state index is 0.144. The third-order valence-electron chi connectivity index (χ3n) is 3.73.